The number of amides is 2. The Labute approximate surface area is 183 Å². The number of hydrogen-bond acceptors (Lipinski definition) is 5. The maximum Gasteiger partial charge on any atom is 0.422 e. The zero-order valence-electron chi connectivity index (χ0n) is 15.9. The van der Waals surface area contributed by atoms with Gasteiger partial charge in [-0.05, 0) is 18.9 Å². The molecule has 0 saturated heterocycles. The Kier molecular flexibility index (Phi) is 7.92. The van der Waals surface area contributed by atoms with Crippen molar-refractivity contribution < 1.29 is 53.8 Å². The molecule has 1 aromatic rings. The van der Waals surface area contributed by atoms with Gasteiger partial charge in [-0.15, -0.1) is 0 Å². The fraction of sp³-hybridized carbons (Fsp3) is 0.438. The number of carbonyl (C=O) groups is 1. The first-order chi connectivity index (χ1) is 15.0. The summed E-state index contributed by atoms with van der Waals surface area (Å²) in [5.74, 6) is -2.92. The van der Waals surface area contributed by atoms with Gasteiger partial charge in [0.15, 0.2) is 18.2 Å². The van der Waals surface area contributed by atoms with Crippen molar-refractivity contribution in [3.8, 4) is 11.8 Å². The summed E-state index contributed by atoms with van der Waals surface area (Å²) in [6.07, 6.45) is -13.2. The third-order valence-electron chi connectivity index (χ3n) is 3.55. The molecule has 2 N–H and O–H groups in total. The zero-order chi connectivity index (χ0) is 25.0. The third-order valence-corrected chi connectivity index (χ3v) is 3.87. The molecule has 0 radical (unpaired) electrons. The second-order valence-electron chi connectivity index (χ2n) is 6.24. The summed E-state index contributed by atoms with van der Waals surface area (Å²) < 4.78 is 121. The second kappa shape index (κ2) is 9.93. The SMILES string of the molecule is O=C(NC1=CC=C(C(F)(F)F)CC1)Nc1nc(OCC(F)(F)F)c(Cl)c(OCC(F)(F)F)n1. The molecular weight excluding hydrogens is 503 g/mol. The van der Waals surface area contributed by atoms with Crippen molar-refractivity contribution in [2.24, 2.45) is 0 Å². The van der Waals surface area contributed by atoms with E-state index in [0.29, 0.717) is 0 Å². The van der Waals surface area contributed by atoms with E-state index in [4.69, 9.17) is 11.6 Å². The number of allylic oxidation sites excluding steroid dienone is 4. The summed E-state index contributed by atoms with van der Waals surface area (Å²) in [6.45, 7) is -3.84. The van der Waals surface area contributed by atoms with Gasteiger partial charge in [0.2, 0.25) is 17.7 Å². The predicted molar refractivity (Wildman–Crippen MR) is 93.8 cm³/mol. The molecular formula is C16H12ClF9N4O3. The average Bonchev–Trinajstić information content (AvgIpc) is 2.65. The lowest BCUT2D eigenvalue weighted by atomic mass is 10.0. The van der Waals surface area contributed by atoms with Gasteiger partial charge in [0.1, 0.15) is 0 Å². The van der Waals surface area contributed by atoms with E-state index >= 15 is 0 Å². The molecule has 0 aromatic carbocycles. The van der Waals surface area contributed by atoms with Crippen LogP contribution in [-0.4, -0.2) is 47.7 Å². The van der Waals surface area contributed by atoms with Gasteiger partial charge in [-0.1, -0.05) is 17.7 Å². The fourth-order valence-corrected chi connectivity index (χ4v) is 2.40. The number of nitrogens with one attached hydrogen (secondary N) is 2. The highest BCUT2D eigenvalue weighted by molar-refractivity contribution is 6.33. The van der Waals surface area contributed by atoms with Crippen LogP contribution in [-0.2, 0) is 0 Å². The topological polar surface area (TPSA) is 85.4 Å². The van der Waals surface area contributed by atoms with E-state index in [2.05, 4.69) is 24.8 Å². The van der Waals surface area contributed by atoms with Crippen LogP contribution in [0.4, 0.5) is 50.3 Å². The van der Waals surface area contributed by atoms with Gasteiger partial charge in [-0.2, -0.15) is 49.5 Å². The Morgan fingerprint density at radius 1 is 0.879 bits per heavy atom. The van der Waals surface area contributed by atoms with Crippen LogP contribution in [0.15, 0.2) is 23.4 Å². The molecule has 1 aliphatic rings. The highest BCUT2D eigenvalue weighted by Gasteiger charge is 2.34. The first kappa shape index (κ1) is 26.3. The molecule has 2 rings (SSSR count). The van der Waals surface area contributed by atoms with Crippen LogP contribution >= 0.6 is 11.6 Å². The monoisotopic (exact) mass is 514 g/mol. The first-order valence-electron chi connectivity index (χ1n) is 8.55. The lowest BCUT2D eigenvalue weighted by Crippen LogP contribution is -2.30. The molecule has 1 aromatic heterocycles. The van der Waals surface area contributed by atoms with Crippen LogP contribution in [0.5, 0.6) is 11.8 Å². The number of hydrogen-bond donors (Lipinski definition) is 2. The molecule has 0 atom stereocenters. The maximum absolute atomic E-state index is 12.6. The van der Waals surface area contributed by atoms with E-state index in [-0.39, 0.29) is 12.1 Å². The normalized spacial score (nSPS) is 14.8. The van der Waals surface area contributed by atoms with E-state index in [9.17, 15) is 44.3 Å². The molecule has 0 unspecified atom stereocenters. The molecule has 1 heterocycles. The Morgan fingerprint density at radius 3 is 1.79 bits per heavy atom. The smallest absolute Gasteiger partial charge is 0.422 e. The highest BCUT2D eigenvalue weighted by atomic mass is 35.5. The Balaban J connectivity index is 2.19. The van der Waals surface area contributed by atoms with E-state index < -0.39 is 72.5 Å². The maximum atomic E-state index is 12.6. The predicted octanol–water partition coefficient (Wildman–Crippen LogP) is 5.30. The second-order valence-corrected chi connectivity index (χ2v) is 6.62. The van der Waals surface area contributed by atoms with Crippen LogP contribution in [0.1, 0.15) is 12.8 Å². The van der Waals surface area contributed by atoms with Crippen molar-refractivity contribution in [2.45, 2.75) is 31.4 Å². The minimum Gasteiger partial charge on any atom is -0.467 e. The van der Waals surface area contributed by atoms with Crippen molar-refractivity contribution in [1.29, 1.82) is 0 Å². The third kappa shape index (κ3) is 8.86. The van der Waals surface area contributed by atoms with Gasteiger partial charge in [0.25, 0.3) is 0 Å². The summed E-state index contributed by atoms with van der Waals surface area (Å²) in [7, 11) is 0. The van der Waals surface area contributed by atoms with Gasteiger partial charge in [-0.3, -0.25) is 5.32 Å². The van der Waals surface area contributed by atoms with Crippen LogP contribution in [0, 0.1) is 0 Å². The molecule has 17 heteroatoms. The van der Waals surface area contributed by atoms with Gasteiger partial charge < -0.3 is 14.8 Å². The molecule has 184 valence electrons. The molecule has 1 aliphatic carbocycles. The first-order valence-corrected chi connectivity index (χ1v) is 8.93. The van der Waals surface area contributed by atoms with E-state index in [1.807, 2.05) is 5.32 Å². The Morgan fingerprint density at radius 2 is 1.39 bits per heavy atom. The van der Waals surface area contributed by atoms with E-state index in [0.717, 1.165) is 12.2 Å². The number of anilines is 1. The minimum atomic E-state index is -4.86. The molecule has 0 aliphatic heterocycles. The van der Waals surface area contributed by atoms with Crippen molar-refractivity contribution in [3.05, 3.63) is 28.4 Å². The van der Waals surface area contributed by atoms with Gasteiger partial charge in [0.05, 0.1) is 0 Å². The number of alkyl halides is 9. The molecule has 0 bridgehead atoms. The van der Waals surface area contributed by atoms with Crippen LogP contribution in [0.25, 0.3) is 0 Å². The Hall–Kier alpha value is -2.91. The van der Waals surface area contributed by atoms with Crippen molar-refractivity contribution in [1.82, 2.24) is 15.3 Å². The largest absolute Gasteiger partial charge is 0.467 e. The van der Waals surface area contributed by atoms with Crippen molar-refractivity contribution in [2.75, 3.05) is 18.5 Å². The zero-order valence-corrected chi connectivity index (χ0v) is 16.6. The van der Waals surface area contributed by atoms with Gasteiger partial charge in [0, 0.05) is 11.3 Å². The Bertz CT molecular complexity index is 904. The summed E-state index contributed by atoms with van der Waals surface area (Å²) >= 11 is 5.64. The average molecular weight is 515 g/mol. The summed E-state index contributed by atoms with van der Waals surface area (Å²) in [6, 6.07) is -1.16. The summed E-state index contributed by atoms with van der Waals surface area (Å²) in [4.78, 5) is 18.8. The van der Waals surface area contributed by atoms with Crippen LogP contribution < -0.4 is 20.1 Å². The number of urea groups is 1. The van der Waals surface area contributed by atoms with Gasteiger partial charge >= 0.3 is 24.6 Å². The fourth-order valence-electron chi connectivity index (χ4n) is 2.21. The van der Waals surface area contributed by atoms with E-state index in [1.54, 1.807) is 0 Å². The standard InChI is InChI=1S/C16H12ClF9N4O3/c17-9-10(32-5-14(18,19)20)28-12(29-11(9)33-6-15(21,22)23)30-13(31)27-8-3-1-7(2-4-8)16(24,25)26/h1,3H,2,4-6H2,(H2,27,28,29,30,31). The van der Waals surface area contributed by atoms with Crippen molar-refractivity contribution in [3.63, 3.8) is 0 Å². The van der Waals surface area contributed by atoms with Crippen LogP contribution in [0.3, 0.4) is 0 Å². The minimum absolute atomic E-state index is 0.0385. The molecule has 2 amide bonds. The lowest BCUT2D eigenvalue weighted by Gasteiger charge is -2.18. The number of rotatable bonds is 6. The summed E-state index contributed by atoms with van der Waals surface area (Å²) in [5.41, 5.74) is -0.788. The number of ether oxygens (including phenoxy) is 2. The summed E-state index contributed by atoms with van der Waals surface area (Å²) in [5, 5.41) is 3.12. The molecule has 0 saturated carbocycles. The number of aromatic nitrogens is 2. The number of carbonyl (C=O) groups excluding carboxylic acids is 1. The van der Waals surface area contributed by atoms with Gasteiger partial charge in [-0.25, -0.2) is 4.79 Å². The number of halogens is 10. The highest BCUT2D eigenvalue weighted by Crippen LogP contribution is 2.34. The number of nitrogens with zero attached hydrogens (tertiary/aromatic N) is 2. The quantitative estimate of drug-likeness (QED) is 0.503. The van der Waals surface area contributed by atoms with Crippen molar-refractivity contribution >= 4 is 23.6 Å². The molecule has 0 fully saturated rings. The lowest BCUT2D eigenvalue weighted by molar-refractivity contribution is -0.154. The molecule has 7 nitrogen and oxygen atoms in total. The van der Waals surface area contributed by atoms with Crippen LogP contribution in [0.2, 0.25) is 5.02 Å². The molecule has 33 heavy (non-hydrogen) atoms. The molecule has 0 spiro atoms. The van der Waals surface area contributed by atoms with E-state index in [1.165, 1.54) is 0 Å².